The van der Waals surface area contributed by atoms with E-state index in [1.165, 1.54) is 0 Å². The summed E-state index contributed by atoms with van der Waals surface area (Å²) >= 11 is 0. The molecule has 1 atom stereocenters. The maximum atomic E-state index is 13.3. The Hall–Kier alpha value is -0.950. The molecule has 0 saturated carbocycles. The maximum Gasteiger partial charge on any atom is 0.384 e. The molecule has 0 bridgehead atoms. The van der Waals surface area contributed by atoms with Gasteiger partial charge in [-0.15, -0.1) is 0 Å². The van der Waals surface area contributed by atoms with Gasteiger partial charge in [0.1, 0.15) is 0 Å². The fourth-order valence-electron chi connectivity index (χ4n) is 1.73. The van der Waals surface area contributed by atoms with E-state index in [1.807, 2.05) is 0 Å². The average molecular weight is 419 g/mol. The van der Waals surface area contributed by atoms with E-state index in [2.05, 4.69) is 0 Å². The van der Waals surface area contributed by atoms with Crippen molar-refractivity contribution >= 4 is 0 Å². The third-order valence-corrected chi connectivity index (χ3v) is 3.33. The molecule has 0 rings (SSSR count). The summed E-state index contributed by atoms with van der Waals surface area (Å²) in [5.74, 6) is -35.0. The molecule has 0 aromatic carbocycles. The fraction of sp³-hybridized carbons (Fsp3) is 1.00. The summed E-state index contributed by atoms with van der Waals surface area (Å²) in [6, 6.07) is 0. The van der Waals surface area contributed by atoms with Crippen molar-refractivity contribution in [3.05, 3.63) is 0 Å². The zero-order chi connectivity index (χ0) is 21.4. The Morgan fingerprint density at radius 1 is 0.692 bits per heavy atom. The minimum atomic E-state index is -7.54. The van der Waals surface area contributed by atoms with Gasteiger partial charge >= 0.3 is 35.7 Å². The van der Waals surface area contributed by atoms with Crippen molar-refractivity contribution in [3.8, 4) is 0 Å². The van der Waals surface area contributed by atoms with Gasteiger partial charge in [0, 0.05) is 12.8 Å². The Kier molecular flexibility index (Phi) is 6.96. The SMILES string of the molecule is CCCC(F)C(F)(F)C(F)(F)C(F)(F)C(F)(F)C(F)(F)CCC([O])(F)F. The Balaban J connectivity index is 5.93. The molecule has 0 aliphatic rings. The zero-order valence-corrected chi connectivity index (χ0v) is 12.7. The number of hydrogen-bond donors (Lipinski definition) is 0. The van der Waals surface area contributed by atoms with Crippen molar-refractivity contribution in [3.63, 3.8) is 0 Å². The van der Waals surface area contributed by atoms with Crippen molar-refractivity contribution in [1.29, 1.82) is 0 Å². The van der Waals surface area contributed by atoms with E-state index in [9.17, 15) is 62.2 Å². The molecule has 0 aromatic heterocycles. The zero-order valence-electron chi connectivity index (χ0n) is 12.7. The van der Waals surface area contributed by atoms with Crippen LogP contribution in [-0.4, -0.2) is 41.9 Å². The van der Waals surface area contributed by atoms with Crippen LogP contribution in [0.3, 0.4) is 0 Å². The van der Waals surface area contributed by atoms with Crippen molar-refractivity contribution in [1.82, 2.24) is 0 Å². The van der Waals surface area contributed by atoms with Crippen LogP contribution in [0, 0.1) is 0 Å². The molecule has 0 aliphatic heterocycles. The molecular formula is C12H12F13O. The van der Waals surface area contributed by atoms with Gasteiger partial charge in [0.25, 0.3) is 0 Å². The van der Waals surface area contributed by atoms with Gasteiger partial charge in [-0.25, -0.2) is 4.39 Å². The first-order valence-corrected chi connectivity index (χ1v) is 6.80. The molecule has 1 radical (unpaired) electrons. The monoisotopic (exact) mass is 419 g/mol. The minimum Gasteiger partial charge on any atom is -0.241 e. The second kappa shape index (κ2) is 7.23. The van der Waals surface area contributed by atoms with Crippen LogP contribution in [-0.2, 0) is 5.11 Å². The van der Waals surface area contributed by atoms with Gasteiger partial charge in [-0.3, -0.25) is 0 Å². The molecule has 0 aliphatic carbocycles. The van der Waals surface area contributed by atoms with E-state index in [-0.39, 0.29) is 0 Å². The van der Waals surface area contributed by atoms with E-state index in [4.69, 9.17) is 0 Å². The first kappa shape index (κ1) is 25.1. The average Bonchev–Trinajstić information content (AvgIpc) is 2.43. The van der Waals surface area contributed by atoms with Crippen LogP contribution >= 0.6 is 0 Å². The van der Waals surface area contributed by atoms with E-state index >= 15 is 0 Å². The Labute approximate surface area is 138 Å². The van der Waals surface area contributed by atoms with Crippen molar-refractivity contribution in [2.45, 2.75) is 74.5 Å². The smallest absolute Gasteiger partial charge is 0.241 e. The molecule has 1 unspecified atom stereocenters. The lowest BCUT2D eigenvalue weighted by Gasteiger charge is -2.40. The highest BCUT2D eigenvalue weighted by Crippen LogP contribution is 2.59. The van der Waals surface area contributed by atoms with E-state index in [0.717, 1.165) is 6.92 Å². The van der Waals surface area contributed by atoms with Crippen LogP contribution in [0.4, 0.5) is 57.1 Å². The van der Waals surface area contributed by atoms with Crippen molar-refractivity contribution in [2.24, 2.45) is 0 Å². The molecule has 0 aromatic rings. The molecule has 0 N–H and O–H groups in total. The highest BCUT2D eigenvalue weighted by Gasteiger charge is 2.87. The first-order valence-electron chi connectivity index (χ1n) is 6.80. The van der Waals surface area contributed by atoms with Gasteiger partial charge in [-0.05, 0) is 6.42 Å². The molecule has 26 heavy (non-hydrogen) atoms. The predicted octanol–water partition coefficient (Wildman–Crippen LogP) is 6.10. The first-order chi connectivity index (χ1) is 11.2. The fourth-order valence-corrected chi connectivity index (χ4v) is 1.73. The van der Waals surface area contributed by atoms with Gasteiger partial charge < -0.3 is 0 Å². The lowest BCUT2D eigenvalue weighted by atomic mass is 9.89. The molecule has 0 saturated heterocycles. The van der Waals surface area contributed by atoms with Gasteiger partial charge in [0.2, 0.25) is 0 Å². The Morgan fingerprint density at radius 3 is 1.46 bits per heavy atom. The van der Waals surface area contributed by atoms with Crippen LogP contribution < -0.4 is 0 Å². The summed E-state index contributed by atoms with van der Waals surface area (Å²) in [4.78, 5) is 0. The molecule has 1 nitrogen and oxygen atoms in total. The summed E-state index contributed by atoms with van der Waals surface area (Å²) in [5, 5.41) is 9.83. The number of hydrogen-bond acceptors (Lipinski definition) is 0. The van der Waals surface area contributed by atoms with Gasteiger partial charge in [0.15, 0.2) is 6.17 Å². The highest BCUT2D eigenvalue weighted by molar-refractivity contribution is 5.10. The van der Waals surface area contributed by atoms with E-state index < -0.39 is 67.6 Å². The predicted molar refractivity (Wildman–Crippen MR) is 59.4 cm³/mol. The standard InChI is InChI=1S/C12H12F13O/c1-2-3-6(13)9(18,19)11(22,23)12(24,25)10(20,21)7(14,15)4-5-8(16,17)26/h6H,2-5H2,1H3. The number of alkyl halides is 13. The number of rotatable bonds is 10. The maximum absolute atomic E-state index is 13.3. The molecule has 0 amide bonds. The molecule has 157 valence electrons. The normalized spacial score (nSPS) is 16.7. The summed E-state index contributed by atoms with van der Waals surface area (Å²) in [5.41, 5.74) is 0. The molecule has 0 fully saturated rings. The second-order valence-electron chi connectivity index (χ2n) is 5.44. The summed E-state index contributed by atoms with van der Waals surface area (Å²) in [7, 11) is 0. The van der Waals surface area contributed by atoms with Gasteiger partial charge in [0.05, 0.1) is 0 Å². The van der Waals surface area contributed by atoms with Crippen LogP contribution in [0.25, 0.3) is 0 Å². The molecular weight excluding hydrogens is 407 g/mol. The highest BCUT2D eigenvalue weighted by atomic mass is 19.4. The van der Waals surface area contributed by atoms with Crippen molar-refractivity contribution in [2.75, 3.05) is 0 Å². The lowest BCUT2D eigenvalue weighted by Crippen LogP contribution is -2.69. The van der Waals surface area contributed by atoms with Crippen LogP contribution in [0.5, 0.6) is 0 Å². The van der Waals surface area contributed by atoms with Crippen LogP contribution in [0.2, 0.25) is 0 Å². The van der Waals surface area contributed by atoms with Crippen LogP contribution in [0.15, 0.2) is 0 Å². The Morgan fingerprint density at radius 2 is 1.12 bits per heavy atom. The summed E-state index contributed by atoms with van der Waals surface area (Å²) in [6.45, 7) is 0.949. The lowest BCUT2D eigenvalue weighted by molar-refractivity contribution is -0.409. The summed E-state index contributed by atoms with van der Waals surface area (Å²) in [6.07, 6.45) is -17.2. The largest absolute Gasteiger partial charge is 0.384 e. The van der Waals surface area contributed by atoms with Gasteiger partial charge in [-0.1, -0.05) is 13.3 Å². The van der Waals surface area contributed by atoms with E-state index in [1.54, 1.807) is 0 Å². The second-order valence-corrected chi connectivity index (χ2v) is 5.44. The third kappa shape index (κ3) is 4.30. The third-order valence-electron chi connectivity index (χ3n) is 3.33. The van der Waals surface area contributed by atoms with Crippen LogP contribution in [0.1, 0.15) is 32.6 Å². The van der Waals surface area contributed by atoms with Gasteiger partial charge in [-0.2, -0.15) is 57.8 Å². The molecule has 0 heterocycles. The topological polar surface area (TPSA) is 19.9 Å². The quantitative estimate of drug-likeness (QED) is 0.381. The Bertz CT molecular complexity index is 468. The van der Waals surface area contributed by atoms with Crippen molar-refractivity contribution < 1.29 is 62.2 Å². The minimum absolute atomic E-state index is 0.608. The molecule has 14 heteroatoms. The van der Waals surface area contributed by atoms with E-state index in [0.29, 0.717) is 0 Å². The molecule has 0 spiro atoms. The summed E-state index contributed by atoms with van der Waals surface area (Å²) < 4.78 is 169. The number of halogens is 13.